The average Bonchev–Trinajstić information content (AvgIpc) is 3.73. The lowest BCUT2D eigenvalue weighted by Gasteiger charge is -2.34. The van der Waals surface area contributed by atoms with E-state index in [1.165, 1.54) is 10.9 Å². The van der Waals surface area contributed by atoms with Gasteiger partial charge in [0.1, 0.15) is 24.1 Å². The van der Waals surface area contributed by atoms with Crippen LogP contribution in [0.15, 0.2) is 17.4 Å². The van der Waals surface area contributed by atoms with Gasteiger partial charge in [0.25, 0.3) is 5.56 Å². The molecule has 0 amide bonds. The van der Waals surface area contributed by atoms with E-state index in [9.17, 15) is 19.7 Å². The molecule has 244 valence electrons. The second kappa shape index (κ2) is 12.4. The lowest BCUT2D eigenvalue weighted by atomic mass is 10.1. The molecule has 19 nitrogen and oxygen atoms in total. The number of ether oxygens (including phenoxy) is 1. The number of hydrogen-bond acceptors (Lipinski definition) is 17. The molecule has 6 rings (SSSR count). The number of thioether (sulfide) groups is 1. The van der Waals surface area contributed by atoms with Gasteiger partial charge < -0.3 is 40.1 Å². The van der Waals surface area contributed by atoms with Crippen molar-refractivity contribution >= 4 is 83.3 Å². The Morgan fingerprint density at radius 1 is 1.27 bits per heavy atom. The number of anilines is 2. The zero-order valence-corrected chi connectivity index (χ0v) is 26.6. The number of nitrogens with two attached hydrogens (primary N) is 2. The van der Waals surface area contributed by atoms with Crippen molar-refractivity contribution in [3.05, 3.63) is 23.0 Å². The zero-order valence-electron chi connectivity index (χ0n) is 22.3. The molecule has 9 atom stereocenters. The number of imidazole rings is 1. The van der Waals surface area contributed by atoms with Crippen molar-refractivity contribution in [1.29, 1.82) is 0 Å². The Kier molecular flexibility index (Phi) is 8.95. The number of aromatic amines is 1. The zero-order chi connectivity index (χ0) is 32.3. The maximum atomic E-state index is 16.3. The van der Waals surface area contributed by atoms with Crippen LogP contribution in [0.3, 0.4) is 0 Å². The van der Waals surface area contributed by atoms with Gasteiger partial charge in [-0.25, -0.2) is 23.7 Å². The number of nitrogen functional groups attached to an aromatic ring is 2. The van der Waals surface area contributed by atoms with Crippen LogP contribution >= 0.6 is 25.6 Å². The largest absolute Gasteiger partial charge is 0.387 e. The second-order valence-electron chi connectivity index (χ2n) is 9.74. The molecule has 0 aliphatic carbocycles. The molecule has 0 bridgehead atoms. The lowest BCUT2D eigenvalue weighted by Crippen LogP contribution is -2.47. The molecule has 6 heterocycles. The highest BCUT2D eigenvalue weighted by Crippen LogP contribution is 2.56. The maximum Gasteiger partial charge on any atom is 0.326 e. The Hall–Kier alpha value is -2.34. The molecule has 4 aromatic heterocycles. The number of H-pyrrole nitrogens is 1. The van der Waals surface area contributed by atoms with E-state index in [4.69, 9.17) is 41.6 Å². The van der Waals surface area contributed by atoms with Crippen molar-refractivity contribution < 1.29 is 42.0 Å². The number of nitrogens with one attached hydrogen (secondary N) is 1. The molecule has 2 aliphatic rings. The molecule has 0 aromatic carbocycles. The van der Waals surface area contributed by atoms with Crippen molar-refractivity contribution in [1.82, 2.24) is 44.5 Å². The fourth-order valence-corrected chi connectivity index (χ4v) is 8.55. The summed E-state index contributed by atoms with van der Waals surface area (Å²) in [6.07, 6.45) is -6.29. The number of aliphatic hydroxyl groups excluding tert-OH is 1. The van der Waals surface area contributed by atoms with E-state index in [1.807, 2.05) is 0 Å². The van der Waals surface area contributed by atoms with Crippen molar-refractivity contribution in [2.75, 3.05) is 30.4 Å². The fourth-order valence-electron chi connectivity index (χ4n) is 4.87. The number of nitrogens with zero attached hydrogens (tertiary/aromatic N) is 8. The molecule has 0 spiro atoms. The first-order valence-electron chi connectivity index (χ1n) is 12.6. The van der Waals surface area contributed by atoms with Crippen LogP contribution in [0.4, 0.5) is 20.5 Å². The van der Waals surface area contributed by atoms with E-state index in [0.717, 1.165) is 22.8 Å². The van der Waals surface area contributed by atoms with Crippen molar-refractivity contribution in [2.24, 2.45) is 0 Å². The summed E-state index contributed by atoms with van der Waals surface area (Å²) in [5.41, 5.74) is 8.14. The number of alkyl halides is 2. The van der Waals surface area contributed by atoms with E-state index in [0.29, 0.717) is 0 Å². The summed E-state index contributed by atoms with van der Waals surface area (Å²) in [4.78, 5) is 51.1. The normalized spacial score (nSPS) is 30.7. The summed E-state index contributed by atoms with van der Waals surface area (Å²) in [6.45, 7) is -5.54. The Labute approximate surface area is 264 Å². The van der Waals surface area contributed by atoms with Crippen LogP contribution in [0.25, 0.3) is 22.3 Å². The van der Waals surface area contributed by atoms with E-state index >= 15 is 8.78 Å². The highest BCUT2D eigenvalue weighted by molar-refractivity contribution is 8.07. The molecular formula is C19H23F2N11O8P2S3. The molecule has 45 heavy (non-hydrogen) atoms. The minimum absolute atomic E-state index is 0.0502. The topological polar surface area (TPSA) is 270 Å². The Balaban J connectivity index is 1.25. The Morgan fingerprint density at radius 3 is 2.80 bits per heavy atom. The van der Waals surface area contributed by atoms with Crippen LogP contribution < -0.4 is 17.0 Å². The van der Waals surface area contributed by atoms with Gasteiger partial charge in [0.15, 0.2) is 48.4 Å². The average molecular weight is 730 g/mol. The summed E-state index contributed by atoms with van der Waals surface area (Å²) >= 11 is 10.8. The van der Waals surface area contributed by atoms with Gasteiger partial charge in [0, 0.05) is 5.75 Å². The standard InChI is InChI=1S/C19H23F2N11O8P2S3/c20-8-11(33)6(39-17(8)31-5-26-9-13(22)24-4-25-14(9)31)1-38-42(36,44)40-19(3-45-7(12(19)21)2-37-41(35)43)32-15-10(29-30-32)16(34)28-18(23)27-15/h4-8,11-12,17,33,41H,1-3H2,(H,35,43)(H,36,44)(H2,22,24,25)(H3,23,27,28,34)/t6-,7-,8+,11-,12-,17-,19-,42?/m1/s1. The number of aliphatic hydroxyl groups is 1. The summed E-state index contributed by atoms with van der Waals surface area (Å²) in [6, 6.07) is 0. The van der Waals surface area contributed by atoms with Crippen molar-refractivity contribution in [3.8, 4) is 0 Å². The number of rotatable bonds is 10. The number of fused-ring (bicyclic) bond motifs is 2. The van der Waals surface area contributed by atoms with Gasteiger partial charge in [0.2, 0.25) is 11.7 Å². The van der Waals surface area contributed by atoms with Gasteiger partial charge in [-0.15, -0.1) is 16.9 Å². The summed E-state index contributed by atoms with van der Waals surface area (Å²) in [7, 11) is -2.60. The molecule has 4 aromatic rings. The van der Waals surface area contributed by atoms with Crippen molar-refractivity contribution in [3.63, 3.8) is 0 Å². The second-order valence-corrected chi connectivity index (χ2v) is 15.6. The minimum Gasteiger partial charge on any atom is -0.387 e. The van der Waals surface area contributed by atoms with Gasteiger partial charge in [-0.1, -0.05) is 5.21 Å². The first kappa shape index (κ1) is 32.6. The van der Waals surface area contributed by atoms with Gasteiger partial charge in [-0.2, -0.15) is 9.67 Å². The fraction of sp³-hybridized carbons (Fsp3) is 0.526. The predicted octanol–water partition coefficient (Wildman–Crippen LogP) is -1.01. The van der Waals surface area contributed by atoms with E-state index in [2.05, 4.69) is 47.0 Å². The third-order valence-corrected chi connectivity index (χ3v) is 10.7. The van der Waals surface area contributed by atoms with Gasteiger partial charge in [0.05, 0.1) is 24.8 Å². The van der Waals surface area contributed by atoms with Gasteiger partial charge in [-0.3, -0.25) is 18.9 Å². The number of hydrogen-bond donors (Lipinski definition) is 6. The smallest absolute Gasteiger partial charge is 0.326 e. The Morgan fingerprint density at radius 2 is 2.04 bits per heavy atom. The van der Waals surface area contributed by atoms with Crippen LogP contribution in [0.1, 0.15) is 6.23 Å². The van der Waals surface area contributed by atoms with Gasteiger partial charge >= 0.3 is 6.72 Å². The highest BCUT2D eigenvalue weighted by atomic mass is 32.5. The van der Waals surface area contributed by atoms with Crippen LogP contribution in [0.2, 0.25) is 0 Å². The van der Waals surface area contributed by atoms with E-state index in [1.54, 1.807) is 0 Å². The maximum absolute atomic E-state index is 16.3. The summed E-state index contributed by atoms with van der Waals surface area (Å²) in [5, 5.41) is 17.2. The van der Waals surface area contributed by atoms with Crippen LogP contribution in [-0.4, -0.2) is 108 Å². The minimum atomic E-state index is -4.50. The van der Waals surface area contributed by atoms with Crippen LogP contribution in [0.5, 0.6) is 0 Å². The molecule has 2 fully saturated rings. The number of halogens is 2. The number of aromatic nitrogens is 9. The first-order valence-corrected chi connectivity index (χ1v) is 18.8. The molecule has 8 N–H and O–H groups in total. The van der Waals surface area contributed by atoms with Gasteiger partial charge in [-0.05, 0) is 23.6 Å². The molecule has 0 radical (unpaired) electrons. The predicted molar refractivity (Wildman–Crippen MR) is 161 cm³/mol. The molecule has 2 saturated heterocycles. The SMILES string of the molecule is Nc1nc2c(nnn2[C@@]2(OP(O)(=S)OC[C@H]3O[C@@H](n4cnc5c(N)ncnc54)[C@@H](F)[C@@H]3O)CS[C@H](CO[PH](O)=S)[C@H]2F)c(=O)[nH]1. The van der Waals surface area contributed by atoms with E-state index < -0.39 is 67.8 Å². The molecule has 0 saturated carbocycles. The third kappa shape index (κ3) is 5.98. The quantitative estimate of drug-likeness (QED) is 0.107. The first-order chi connectivity index (χ1) is 21.3. The van der Waals surface area contributed by atoms with Crippen LogP contribution in [0, 0.1) is 0 Å². The molecule has 2 aliphatic heterocycles. The molecule has 2 unspecified atom stereocenters. The monoisotopic (exact) mass is 729 g/mol. The van der Waals surface area contributed by atoms with Crippen LogP contribution in [-0.2, 0) is 47.6 Å². The third-order valence-electron chi connectivity index (χ3n) is 6.95. The Bertz CT molecular complexity index is 1890. The summed E-state index contributed by atoms with van der Waals surface area (Å²) < 4.78 is 55.5. The molecular weight excluding hydrogens is 706 g/mol. The summed E-state index contributed by atoms with van der Waals surface area (Å²) in [5.74, 6) is -0.583. The van der Waals surface area contributed by atoms with E-state index in [-0.39, 0.29) is 46.5 Å². The molecule has 26 heteroatoms. The lowest BCUT2D eigenvalue weighted by molar-refractivity contribution is -0.0815. The van der Waals surface area contributed by atoms with Crippen molar-refractivity contribution in [2.45, 2.75) is 41.8 Å². The highest BCUT2D eigenvalue weighted by Gasteiger charge is 2.58.